The molecule has 160 valence electrons. The first-order chi connectivity index (χ1) is 15.0. The highest BCUT2D eigenvalue weighted by atomic mass is 16.5. The van der Waals surface area contributed by atoms with Crippen molar-refractivity contribution in [3.05, 3.63) is 89.2 Å². The average Bonchev–Trinajstić information content (AvgIpc) is 2.77. The fourth-order valence-corrected chi connectivity index (χ4v) is 3.26. The fraction of sp³-hybridized carbons (Fsp3) is 0.240. The van der Waals surface area contributed by atoms with Crippen LogP contribution in [0.25, 0.3) is 0 Å². The summed E-state index contributed by atoms with van der Waals surface area (Å²) in [5, 5.41) is 5.80. The number of ether oxygens (including phenoxy) is 1. The molecule has 2 aromatic carbocycles. The summed E-state index contributed by atoms with van der Waals surface area (Å²) in [6.45, 7) is 4.66. The molecule has 0 radical (unpaired) electrons. The van der Waals surface area contributed by atoms with Crippen molar-refractivity contribution in [3.63, 3.8) is 0 Å². The molecule has 2 amide bonds. The SMILES string of the molecule is COc1ccc(CCNC(=O)c2ccccc2NC(=O)C[n+]2cccc(C)c2C)cc1. The highest BCUT2D eigenvalue weighted by molar-refractivity contribution is 6.03. The molecule has 6 heteroatoms. The molecule has 1 aromatic heterocycles. The number of amides is 2. The molecule has 0 aliphatic heterocycles. The van der Waals surface area contributed by atoms with Crippen LogP contribution < -0.4 is 19.9 Å². The fourth-order valence-electron chi connectivity index (χ4n) is 3.26. The second kappa shape index (κ2) is 10.4. The summed E-state index contributed by atoms with van der Waals surface area (Å²) in [4.78, 5) is 25.3. The van der Waals surface area contributed by atoms with E-state index in [0.29, 0.717) is 24.2 Å². The molecule has 3 aromatic rings. The zero-order valence-electron chi connectivity index (χ0n) is 18.1. The minimum absolute atomic E-state index is 0.181. The second-order valence-electron chi connectivity index (χ2n) is 7.35. The Bertz CT molecular complexity index is 1060. The van der Waals surface area contributed by atoms with Crippen LogP contribution in [0.15, 0.2) is 66.9 Å². The molecule has 2 N–H and O–H groups in total. The Labute approximate surface area is 182 Å². The molecule has 6 nitrogen and oxygen atoms in total. The van der Waals surface area contributed by atoms with Gasteiger partial charge < -0.3 is 15.4 Å². The zero-order valence-corrected chi connectivity index (χ0v) is 18.1. The van der Waals surface area contributed by atoms with Crippen LogP contribution >= 0.6 is 0 Å². The van der Waals surface area contributed by atoms with E-state index in [4.69, 9.17) is 4.74 Å². The van der Waals surface area contributed by atoms with Crippen molar-refractivity contribution < 1.29 is 18.9 Å². The van der Waals surface area contributed by atoms with Gasteiger partial charge in [-0.05, 0) is 49.2 Å². The van der Waals surface area contributed by atoms with Gasteiger partial charge in [-0.1, -0.05) is 24.3 Å². The van der Waals surface area contributed by atoms with Crippen molar-refractivity contribution in [2.24, 2.45) is 0 Å². The summed E-state index contributed by atoms with van der Waals surface area (Å²) in [6.07, 6.45) is 2.58. The number of nitrogens with zero attached hydrogens (tertiary/aromatic N) is 1. The molecule has 0 fully saturated rings. The van der Waals surface area contributed by atoms with Gasteiger partial charge in [0, 0.05) is 25.1 Å². The van der Waals surface area contributed by atoms with Crippen molar-refractivity contribution in [1.29, 1.82) is 0 Å². The van der Waals surface area contributed by atoms with Gasteiger partial charge in [0.2, 0.25) is 6.54 Å². The van der Waals surface area contributed by atoms with Gasteiger partial charge in [0.25, 0.3) is 11.8 Å². The van der Waals surface area contributed by atoms with Crippen LogP contribution in [0.2, 0.25) is 0 Å². The molecule has 0 atom stereocenters. The van der Waals surface area contributed by atoms with E-state index in [1.54, 1.807) is 31.4 Å². The van der Waals surface area contributed by atoms with E-state index < -0.39 is 0 Å². The number of para-hydroxylation sites is 1. The number of nitrogens with one attached hydrogen (secondary N) is 2. The normalized spacial score (nSPS) is 10.4. The smallest absolute Gasteiger partial charge is 0.290 e. The first kappa shape index (κ1) is 22.0. The van der Waals surface area contributed by atoms with Crippen LogP contribution in [0.3, 0.4) is 0 Å². The second-order valence-corrected chi connectivity index (χ2v) is 7.35. The van der Waals surface area contributed by atoms with Crippen molar-refractivity contribution in [2.75, 3.05) is 19.0 Å². The van der Waals surface area contributed by atoms with Crippen LogP contribution in [0.4, 0.5) is 5.69 Å². The molecular formula is C25H28N3O3+. The Morgan fingerprint density at radius 3 is 2.45 bits per heavy atom. The highest BCUT2D eigenvalue weighted by Crippen LogP contribution is 2.15. The lowest BCUT2D eigenvalue weighted by Crippen LogP contribution is -2.43. The molecule has 0 aliphatic carbocycles. The van der Waals surface area contributed by atoms with Crippen LogP contribution in [0, 0.1) is 13.8 Å². The van der Waals surface area contributed by atoms with Gasteiger partial charge in [-0.15, -0.1) is 0 Å². The summed E-state index contributed by atoms with van der Waals surface area (Å²) < 4.78 is 7.05. The van der Waals surface area contributed by atoms with Crippen molar-refractivity contribution in [1.82, 2.24) is 5.32 Å². The van der Waals surface area contributed by atoms with Gasteiger partial charge in [0.05, 0.1) is 18.4 Å². The number of methoxy groups -OCH3 is 1. The quantitative estimate of drug-likeness (QED) is 0.552. The van der Waals surface area contributed by atoms with Gasteiger partial charge in [-0.3, -0.25) is 9.59 Å². The lowest BCUT2D eigenvalue weighted by molar-refractivity contribution is -0.690. The minimum atomic E-state index is -0.219. The first-order valence-electron chi connectivity index (χ1n) is 10.2. The number of carbonyl (C=O) groups excluding carboxylic acids is 2. The number of anilines is 1. The topological polar surface area (TPSA) is 71.3 Å². The van der Waals surface area contributed by atoms with Crippen molar-refractivity contribution in [3.8, 4) is 5.75 Å². The summed E-state index contributed by atoms with van der Waals surface area (Å²) in [5.41, 5.74) is 4.19. The van der Waals surface area contributed by atoms with E-state index in [0.717, 1.165) is 22.6 Å². The molecule has 0 bridgehead atoms. The molecule has 0 saturated carbocycles. The Kier molecular flexibility index (Phi) is 7.38. The predicted molar refractivity (Wildman–Crippen MR) is 120 cm³/mol. The number of benzene rings is 2. The van der Waals surface area contributed by atoms with Crippen LogP contribution in [-0.4, -0.2) is 25.5 Å². The van der Waals surface area contributed by atoms with Crippen LogP contribution in [0.5, 0.6) is 5.75 Å². The van der Waals surface area contributed by atoms with E-state index >= 15 is 0 Å². The van der Waals surface area contributed by atoms with E-state index in [1.807, 2.05) is 61.0 Å². The van der Waals surface area contributed by atoms with Gasteiger partial charge in [-0.2, -0.15) is 4.57 Å². The first-order valence-corrected chi connectivity index (χ1v) is 10.2. The van der Waals surface area contributed by atoms with E-state index in [2.05, 4.69) is 10.6 Å². The number of aromatic nitrogens is 1. The lowest BCUT2D eigenvalue weighted by atomic mass is 10.1. The number of hydrogen-bond donors (Lipinski definition) is 2. The Balaban J connectivity index is 1.60. The van der Waals surface area contributed by atoms with Gasteiger partial charge in [-0.25, -0.2) is 0 Å². The maximum Gasteiger partial charge on any atom is 0.290 e. The molecule has 0 spiro atoms. The molecule has 31 heavy (non-hydrogen) atoms. The number of carbonyl (C=O) groups is 2. The molecule has 0 aliphatic rings. The van der Waals surface area contributed by atoms with Gasteiger partial charge in [0.15, 0.2) is 11.9 Å². The van der Waals surface area contributed by atoms with Crippen molar-refractivity contribution >= 4 is 17.5 Å². The largest absolute Gasteiger partial charge is 0.497 e. The van der Waals surface area contributed by atoms with Gasteiger partial charge in [0.1, 0.15) is 5.75 Å². The van der Waals surface area contributed by atoms with Crippen LogP contribution in [-0.2, 0) is 17.8 Å². The predicted octanol–water partition coefficient (Wildman–Crippen LogP) is 3.21. The van der Waals surface area contributed by atoms with E-state index in [1.165, 1.54) is 0 Å². The molecule has 0 saturated heterocycles. The summed E-state index contributed by atoms with van der Waals surface area (Å²) in [6, 6.07) is 18.7. The zero-order chi connectivity index (χ0) is 22.2. The van der Waals surface area contributed by atoms with E-state index in [9.17, 15) is 9.59 Å². The minimum Gasteiger partial charge on any atom is -0.497 e. The lowest BCUT2D eigenvalue weighted by Gasteiger charge is -2.11. The van der Waals surface area contributed by atoms with Crippen molar-refractivity contribution in [2.45, 2.75) is 26.8 Å². The Morgan fingerprint density at radius 1 is 0.968 bits per heavy atom. The number of aryl methyl sites for hydroxylation is 1. The summed E-state index contributed by atoms with van der Waals surface area (Å²) in [5.74, 6) is 0.400. The third kappa shape index (κ3) is 5.92. The third-order valence-corrected chi connectivity index (χ3v) is 5.23. The third-order valence-electron chi connectivity index (χ3n) is 5.23. The maximum absolute atomic E-state index is 12.7. The molecule has 1 heterocycles. The standard InChI is InChI=1S/C25H27N3O3/c1-18-7-6-16-28(19(18)2)17-24(29)27-23-9-5-4-8-22(23)25(30)26-15-14-20-10-12-21(31-3)13-11-20/h4-13,16H,14-15,17H2,1-3H3,(H-,26,27,29,30)/p+1. The van der Waals surface area contributed by atoms with Gasteiger partial charge >= 0.3 is 0 Å². The maximum atomic E-state index is 12.7. The number of rotatable bonds is 8. The monoisotopic (exact) mass is 418 g/mol. The number of hydrogen-bond acceptors (Lipinski definition) is 3. The molecule has 0 unspecified atom stereocenters. The Hall–Kier alpha value is -3.67. The number of pyridine rings is 1. The molecular weight excluding hydrogens is 390 g/mol. The van der Waals surface area contributed by atoms with Crippen LogP contribution in [0.1, 0.15) is 27.2 Å². The summed E-state index contributed by atoms with van der Waals surface area (Å²) in [7, 11) is 1.63. The van der Waals surface area contributed by atoms with E-state index in [-0.39, 0.29) is 18.4 Å². The molecule has 3 rings (SSSR count). The highest BCUT2D eigenvalue weighted by Gasteiger charge is 2.17. The summed E-state index contributed by atoms with van der Waals surface area (Å²) >= 11 is 0. The average molecular weight is 419 g/mol. The Morgan fingerprint density at radius 2 is 1.71 bits per heavy atom.